The molecule has 0 spiro atoms. The van der Waals surface area contributed by atoms with Gasteiger partial charge in [-0.1, -0.05) is 73.1 Å². The first-order valence-corrected chi connectivity index (χ1v) is 17.8. The number of aromatic amines is 2. The Morgan fingerprint density at radius 3 is 1.37 bits per heavy atom. The zero-order valence-electron chi connectivity index (χ0n) is 28.8. The lowest BCUT2D eigenvalue weighted by Gasteiger charge is -2.30. The number of hydrogen-bond donors (Lipinski definition) is 2. The van der Waals surface area contributed by atoms with Crippen molar-refractivity contribution < 1.29 is 32.9 Å². The molecule has 2 aromatic heterocycles. The van der Waals surface area contributed by atoms with Gasteiger partial charge < -0.3 is 19.4 Å². The van der Waals surface area contributed by atoms with Crippen LogP contribution in [0.25, 0.3) is 44.8 Å². The van der Waals surface area contributed by atoms with E-state index >= 15 is 0 Å². The van der Waals surface area contributed by atoms with Gasteiger partial charge in [-0.2, -0.15) is 0 Å². The van der Waals surface area contributed by atoms with Gasteiger partial charge in [0.05, 0.1) is 32.0 Å². The van der Waals surface area contributed by atoms with Gasteiger partial charge in [0, 0.05) is 42.4 Å². The molecular formula is C36H36N6O9P+. The van der Waals surface area contributed by atoms with Crippen LogP contribution in [0.15, 0.2) is 84.9 Å². The molecule has 0 unspecified atom stereocenters. The molecule has 6 aromatic rings. The van der Waals surface area contributed by atoms with Crippen LogP contribution in [0.1, 0.15) is 53.4 Å². The minimum atomic E-state index is -2.85. The Bertz CT molecular complexity index is 2120. The van der Waals surface area contributed by atoms with Gasteiger partial charge in [-0.05, 0) is 36.4 Å². The van der Waals surface area contributed by atoms with Gasteiger partial charge >= 0.3 is 8.25 Å². The number of aromatic nitrogens is 4. The van der Waals surface area contributed by atoms with E-state index in [1.165, 1.54) is 12.1 Å². The zero-order chi connectivity index (χ0) is 37.0. The van der Waals surface area contributed by atoms with Gasteiger partial charge in [0.15, 0.2) is 11.0 Å². The lowest BCUT2D eigenvalue weighted by Crippen LogP contribution is -2.39. The highest BCUT2D eigenvalue weighted by Crippen LogP contribution is 2.45. The highest BCUT2D eigenvalue weighted by molar-refractivity contribution is 7.33. The number of ether oxygens (including phenoxy) is 2. The Morgan fingerprint density at radius 1 is 0.615 bits per heavy atom. The summed E-state index contributed by atoms with van der Waals surface area (Å²) in [6, 6.07) is 23.4. The molecule has 0 radical (unpaired) electrons. The summed E-state index contributed by atoms with van der Waals surface area (Å²) in [7, 11) is -2.85. The summed E-state index contributed by atoms with van der Waals surface area (Å²) in [5, 5.41) is 23.2. The number of benzene rings is 4. The zero-order valence-corrected chi connectivity index (χ0v) is 29.7. The Hall–Kier alpha value is -5.76. The summed E-state index contributed by atoms with van der Waals surface area (Å²) < 4.78 is 39.0. The number of non-ortho nitro benzene ring substituents is 2. The van der Waals surface area contributed by atoms with E-state index in [-0.39, 0.29) is 48.1 Å². The topological polar surface area (TPSA) is 198 Å². The molecule has 2 heterocycles. The third-order valence-electron chi connectivity index (χ3n) is 8.89. The van der Waals surface area contributed by atoms with E-state index in [1.54, 1.807) is 72.8 Å². The van der Waals surface area contributed by atoms with Gasteiger partial charge in [-0.15, -0.1) is 0 Å². The summed E-state index contributed by atoms with van der Waals surface area (Å²) in [5.74, 6) is -1.41. The number of nitrogens with one attached hydrogen (secondary N) is 2. The molecule has 52 heavy (non-hydrogen) atoms. The van der Waals surface area contributed by atoms with Gasteiger partial charge in [-0.25, -0.2) is 9.97 Å². The van der Waals surface area contributed by atoms with Crippen LogP contribution in [-0.2, 0) is 13.6 Å². The minimum Gasteiger partial charge on any atom is -0.457 e. The number of nitrogens with zero attached hydrogens (tertiary/aromatic N) is 4. The van der Waals surface area contributed by atoms with Gasteiger partial charge in [-0.3, -0.25) is 20.2 Å². The highest BCUT2D eigenvalue weighted by atomic mass is 31.1. The molecule has 0 saturated heterocycles. The molecule has 268 valence electrons. The number of hydrogen-bond acceptors (Lipinski definition) is 11. The number of fused-ring (bicyclic) bond motifs is 2. The highest BCUT2D eigenvalue weighted by Gasteiger charge is 2.48. The van der Waals surface area contributed by atoms with E-state index < -0.39 is 29.7 Å². The fraction of sp³-hybridized carbons (Fsp3) is 0.278. The molecule has 0 saturated carbocycles. The smallest absolute Gasteiger partial charge is 0.457 e. The van der Waals surface area contributed by atoms with E-state index in [2.05, 4.69) is 19.9 Å². The Kier molecular flexibility index (Phi) is 10.3. The Morgan fingerprint density at radius 2 is 1.00 bits per heavy atom. The number of imidazole rings is 2. The van der Waals surface area contributed by atoms with Crippen molar-refractivity contribution in [1.29, 1.82) is 0 Å². The maximum Gasteiger partial charge on any atom is 0.705 e. The number of para-hydroxylation sites is 4. The lowest BCUT2D eigenvalue weighted by atomic mass is 10.1. The molecule has 0 amide bonds. The average Bonchev–Trinajstić information content (AvgIpc) is 3.79. The van der Waals surface area contributed by atoms with Gasteiger partial charge in [0.25, 0.3) is 22.9 Å². The largest absolute Gasteiger partial charge is 0.705 e. The fourth-order valence-corrected chi connectivity index (χ4v) is 7.03. The quantitative estimate of drug-likeness (QED) is 0.0416. The maximum atomic E-state index is 13.8. The molecule has 0 atom stereocenters. The second-order valence-corrected chi connectivity index (χ2v) is 12.7. The second-order valence-electron chi connectivity index (χ2n) is 11.9. The van der Waals surface area contributed by atoms with Crippen LogP contribution in [0.5, 0.6) is 11.5 Å². The third-order valence-corrected chi connectivity index (χ3v) is 9.85. The summed E-state index contributed by atoms with van der Waals surface area (Å²) in [6.07, 6.45) is 1.12. The van der Waals surface area contributed by atoms with E-state index in [1.807, 2.05) is 27.7 Å². The molecule has 0 aliphatic rings. The molecule has 0 aliphatic carbocycles. The molecule has 0 bridgehead atoms. The fourth-order valence-electron chi connectivity index (χ4n) is 5.86. The molecule has 0 fully saturated rings. The monoisotopic (exact) mass is 727 g/mol. The third kappa shape index (κ3) is 7.06. The van der Waals surface area contributed by atoms with Crippen LogP contribution in [-0.4, -0.2) is 41.4 Å². The standard InChI is InChI=1S/C36H36N6O9P/c1-5-35(6-2,48-29-21-11-9-15-23(29)33-37-25-17-13-19-27(41(43)44)31(25)39-33)50-52(47)51-36(7-3,8-4)49-30-22-12-10-16-24(30)34-38-26-18-14-20-28(42(45)46)32(26)40-34/h9-22H,5-8H2,1-4H3,(H,37,39)(H,38,40)/q+1. The first-order valence-electron chi connectivity index (χ1n) is 16.7. The van der Waals surface area contributed by atoms with Crippen molar-refractivity contribution in [1.82, 2.24) is 19.9 Å². The van der Waals surface area contributed by atoms with E-state index in [0.29, 0.717) is 45.3 Å². The number of H-pyrrole nitrogens is 2. The normalized spacial score (nSPS) is 11.9. The van der Waals surface area contributed by atoms with E-state index in [0.717, 1.165) is 0 Å². The predicted molar refractivity (Wildman–Crippen MR) is 194 cm³/mol. The molecule has 15 nitrogen and oxygen atoms in total. The van der Waals surface area contributed by atoms with Crippen molar-refractivity contribution in [2.24, 2.45) is 0 Å². The number of nitro benzene ring substituents is 2. The van der Waals surface area contributed by atoms with Crippen molar-refractivity contribution >= 4 is 41.7 Å². The van der Waals surface area contributed by atoms with Crippen molar-refractivity contribution in [3.8, 4) is 34.3 Å². The van der Waals surface area contributed by atoms with Crippen molar-refractivity contribution in [3.05, 3.63) is 105 Å². The summed E-state index contributed by atoms with van der Waals surface area (Å²) in [5.41, 5.74) is 2.17. The van der Waals surface area contributed by atoms with Crippen LogP contribution in [0, 0.1) is 20.2 Å². The molecule has 6 rings (SSSR count). The van der Waals surface area contributed by atoms with Crippen LogP contribution < -0.4 is 9.47 Å². The summed E-state index contributed by atoms with van der Waals surface area (Å²) in [6.45, 7) is 7.32. The minimum absolute atomic E-state index is 0.130. The average molecular weight is 728 g/mol. The predicted octanol–water partition coefficient (Wildman–Crippen LogP) is 9.77. The molecule has 2 N–H and O–H groups in total. The van der Waals surface area contributed by atoms with Crippen LogP contribution in [0.4, 0.5) is 11.4 Å². The molecular weight excluding hydrogens is 691 g/mol. The SMILES string of the molecule is CCC(CC)(Oc1ccccc1-c1nc2c([N+](=O)[O-])cccc2[nH]1)O[P+](=O)OC(CC)(CC)Oc1ccccc1-c1nc2c([N+](=O)[O-])cccc2[nH]1. The van der Waals surface area contributed by atoms with Gasteiger partial charge in [0.2, 0.25) is 0 Å². The summed E-state index contributed by atoms with van der Waals surface area (Å²) in [4.78, 5) is 37.6. The lowest BCUT2D eigenvalue weighted by molar-refractivity contribution is -0.383. The van der Waals surface area contributed by atoms with Crippen LogP contribution in [0.2, 0.25) is 0 Å². The number of nitro groups is 2. The maximum absolute atomic E-state index is 13.8. The first-order chi connectivity index (χ1) is 25.0. The Labute approximate surface area is 298 Å². The van der Waals surface area contributed by atoms with Crippen molar-refractivity contribution in [2.75, 3.05) is 0 Å². The van der Waals surface area contributed by atoms with E-state index in [4.69, 9.17) is 18.5 Å². The summed E-state index contributed by atoms with van der Waals surface area (Å²) >= 11 is 0. The second kappa shape index (κ2) is 14.8. The first kappa shape index (κ1) is 36.0. The molecule has 16 heteroatoms. The van der Waals surface area contributed by atoms with Crippen molar-refractivity contribution in [2.45, 2.75) is 65.0 Å². The Balaban J connectivity index is 1.26. The van der Waals surface area contributed by atoms with Crippen molar-refractivity contribution in [3.63, 3.8) is 0 Å². The molecule has 4 aromatic carbocycles. The number of rotatable bonds is 16. The van der Waals surface area contributed by atoms with Crippen LogP contribution >= 0.6 is 8.25 Å². The van der Waals surface area contributed by atoms with E-state index in [9.17, 15) is 24.8 Å². The molecule has 0 aliphatic heterocycles. The van der Waals surface area contributed by atoms with Crippen LogP contribution in [0.3, 0.4) is 0 Å². The van der Waals surface area contributed by atoms with Gasteiger partial charge in [0.1, 0.15) is 23.1 Å².